The fourth-order valence-electron chi connectivity index (χ4n) is 1.83. The molecule has 1 unspecified atom stereocenters. The Hall–Kier alpha value is -2.10. The fraction of sp³-hybridized carbons (Fsp3) is 0.267. The lowest BCUT2D eigenvalue weighted by Crippen LogP contribution is -2.09. The summed E-state index contributed by atoms with van der Waals surface area (Å²) >= 11 is 0. The first-order chi connectivity index (χ1) is 9.11. The summed E-state index contributed by atoms with van der Waals surface area (Å²) in [5.41, 5.74) is 1.52. The lowest BCUT2D eigenvalue weighted by molar-refractivity contribution is 0.414. The van der Waals surface area contributed by atoms with Gasteiger partial charge in [0.05, 0.1) is 13.2 Å². The molecule has 1 aromatic carbocycles. The first kappa shape index (κ1) is 13.3. The standard InChI is InChI=1S/C15H17FN2O/c1-10-6-7-12(9-13(10)16)11(2)18-15-14(19-3)5-4-8-17-15/h4-9,11H,1-3H3,(H,17,18). The van der Waals surface area contributed by atoms with Gasteiger partial charge in [0.2, 0.25) is 0 Å². The molecule has 1 heterocycles. The van der Waals surface area contributed by atoms with Crippen molar-refractivity contribution < 1.29 is 9.13 Å². The Labute approximate surface area is 112 Å². The van der Waals surface area contributed by atoms with Crippen molar-refractivity contribution in [2.24, 2.45) is 0 Å². The van der Waals surface area contributed by atoms with E-state index >= 15 is 0 Å². The highest BCUT2D eigenvalue weighted by atomic mass is 19.1. The Kier molecular flexibility index (Phi) is 4.00. The molecule has 0 bridgehead atoms. The molecule has 0 aliphatic heterocycles. The van der Waals surface area contributed by atoms with Crippen LogP contribution in [-0.2, 0) is 0 Å². The van der Waals surface area contributed by atoms with Crippen LogP contribution >= 0.6 is 0 Å². The smallest absolute Gasteiger partial charge is 0.169 e. The van der Waals surface area contributed by atoms with Gasteiger partial charge in [0.15, 0.2) is 11.6 Å². The Balaban J connectivity index is 2.20. The number of benzene rings is 1. The zero-order chi connectivity index (χ0) is 13.8. The maximum Gasteiger partial charge on any atom is 0.169 e. The van der Waals surface area contributed by atoms with Crippen LogP contribution < -0.4 is 10.1 Å². The van der Waals surface area contributed by atoms with Gasteiger partial charge in [-0.15, -0.1) is 0 Å². The number of aromatic nitrogens is 1. The second kappa shape index (κ2) is 5.69. The number of nitrogens with one attached hydrogen (secondary N) is 1. The molecule has 0 amide bonds. The minimum Gasteiger partial charge on any atom is -0.493 e. The molecule has 19 heavy (non-hydrogen) atoms. The van der Waals surface area contributed by atoms with E-state index < -0.39 is 0 Å². The fourth-order valence-corrected chi connectivity index (χ4v) is 1.83. The van der Waals surface area contributed by atoms with E-state index in [0.29, 0.717) is 17.1 Å². The third-order valence-electron chi connectivity index (χ3n) is 3.04. The van der Waals surface area contributed by atoms with Gasteiger partial charge in [-0.3, -0.25) is 0 Å². The predicted octanol–water partition coefficient (Wildman–Crippen LogP) is 3.71. The Bertz CT molecular complexity index is 572. The minimum atomic E-state index is -0.195. The Morgan fingerprint density at radius 3 is 2.79 bits per heavy atom. The second-order valence-electron chi connectivity index (χ2n) is 4.43. The maximum absolute atomic E-state index is 13.6. The van der Waals surface area contributed by atoms with Crippen molar-refractivity contribution in [2.75, 3.05) is 12.4 Å². The molecule has 100 valence electrons. The zero-order valence-electron chi connectivity index (χ0n) is 11.3. The molecule has 2 rings (SSSR count). The summed E-state index contributed by atoms with van der Waals surface area (Å²) in [6.07, 6.45) is 1.69. The predicted molar refractivity (Wildman–Crippen MR) is 74.0 cm³/mol. The summed E-state index contributed by atoms with van der Waals surface area (Å²) in [5.74, 6) is 1.12. The summed E-state index contributed by atoms with van der Waals surface area (Å²) in [7, 11) is 1.60. The van der Waals surface area contributed by atoms with Gasteiger partial charge in [0.1, 0.15) is 5.82 Å². The van der Waals surface area contributed by atoms with Crippen LogP contribution in [0.25, 0.3) is 0 Å². The normalized spacial score (nSPS) is 12.0. The van der Waals surface area contributed by atoms with Crippen molar-refractivity contribution in [3.63, 3.8) is 0 Å². The number of aryl methyl sites for hydroxylation is 1. The number of ether oxygens (including phenoxy) is 1. The summed E-state index contributed by atoms with van der Waals surface area (Å²) in [6.45, 7) is 3.71. The van der Waals surface area contributed by atoms with E-state index in [1.165, 1.54) is 0 Å². The van der Waals surface area contributed by atoms with Crippen molar-refractivity contribution in [2.45, 2.75) is 19.9 Å². The zero-order valence-corrected chi connectivity index (χ0v) is 11.3. The molecule has 0 aliphatic rings. The largest absolute Gasteiger partial charge is 0.493 e. The van der Waals surface area contributed by atoms with Crippen LogP contribution in [0.1, 0.15) is 24.1 Å². The van der Waals surface area contributed by atoms with Gasteiger partial charge >= 0.3 is 0 Å². The van der Waals surface area contributed by atoms with Gasteiger partial charge < -0.3 is 10.1 Å². The monoisotopic (exact) mass is 260 g/mol. The summed E-state index contributed by atoms with van der Waals surface area (Å²) < 4.78 is 18.8. The first-order valence-corrected chi connectivity index (χ1v) is 6.13. The molecule has 1 atom stereocenters. The van der Waals surface area contributed by atoms with Crippen LogP contribution in [0.5, 0.6) is 5.75 Å². The van der Waals surface area contributed by atoms with Gasteiger partial charge in [-0.05, 0) is 43.2 Å². The molecule has 0 radical (unpaired) electrons. The number of methoxy groups -OCH3 is 1. The summed E-state index contributed by atoms with van der Waals surface area (Å²) in [4.78, 5) is 4.23. The maximum atomic E-state index is 13.6. The molecule has 4 heteroatoms. The first-order valence-electron chi connectivity index (χ1n) is 6.13. The molecule has 0 saturated carbocycles. The molecule has 0 fully saturated rings. The van der Waals surface area contributed by atoms with Crippen LogP contribution in [0.3, 0.4) is 0 Å². The van der Waals surface area contributed by atoms with E-state index in [1.807, 2.05) is 19.1 Å². The number of halogens is 1. The number of hydrogen-bond acceptors (Lipinski definition) is 3. The average molecular weight is 260 g/mol. The lowest BCUT2D eigenvalue weighted by Gasteiger charge is -2.17. The van der Waals surface area contributed by atoms with Gasteiger partial charge in [-0.25, -0.2) is 9.37 Å². The number of anilines is 1. The van der Waals surface area contributed by atoms with Crippen molar-refractivity contribution >= 4 is 5.82 Å². The molecule has 2 aromatic rings. The van der Waals surface area contributed by atoms with Crippen LogP contribution in [0.2, 0.25) is 0 Å². The molecule has 0 spiro atoms. The highest BCUT2D eigenvalue weighted by Gasteiger charge is 2.11. The van der Waals surface area contributed by atoms with E-state index in [2.05, 4.69) is 10.3 Å². The highest BCUT2D eigenvalue weighted by Crippen LogP contribution is 2.26. The third kappa shape index (κ3) is 3.02. The SMILES string of the molecule is COc1cccnc1NC(C)c1ccc(C)c(F)c1. The van der Waals surface area contributed by atoms with E-state index in [1.54, 1.807) is 38.4 Å². The van der Waals surface area contributed by atoms with Gasteiger partial charge in [0, 0.05) is 6.20 Å². The van der Waals surface area contributed by atoms with Crippen LogP contribution in [0.4, 0.5) is 10.2 Å². The second-order valence-corrected chi connectivity index (χ2v) is 4.43. The van der Waals surface area contributed by atoms with E-state index in [-0.39, 0.29) is 11.9 Å². The topological polar surface area (TPSA) is 34.1 Å². The molecule has 0 aliphatic carbocycles. The molecular formula is C15H17FN2O. The minimum absolute atomic E-state index is 0.0566. The number of rotatable bonds is 4. The Morgan fingerprint density at radius 2 is 2.11 bits per heavy atom. The van der Waals surface area contributed by atoms with Crippen molar-refractivity contribution in [1.29, 1.82) is 0 Å². The quantitative estimate of drug-likeness (QED) is 0.910. The van der Waals surface area contributed by atoms with E-state index in [4.69, 9.17) is 4.74 Å². The third-order valence-corrected chi connectivity index (χ3v) is 3.04. The summed E-state index contributed by atoms with van der Waals surface area (Å²) in [6, 6.07) is 8.81. The highest BCUT2D eigenvalue weighted by molar-refractivity contribution is 5.51. The van der Waals surface area contributed by atoms with Crippen molar-refractivity contribution in [1.82, 2.24) is 4.98 Å². The number of hydrogen-bond donors (Lipinski definition) is 1. The van der Waals surface area contributed by atoms with E-state index in [9.17, 15) is 4.39 Å². The average Bonchev–Trinajstić information content (AvgIpc) is 2.42. The molecule has 1 aromatic heterocycles. The van der Waals surface area contributed by atoms with Crippen LogP contribution in [0.15, 0.2) is 36.5 Å². The molecule has 3 nitrogen and oxygen atoms in total. The Morgan fingerprint density at radius 1 is 1.32 bits per heavy atom. The van der Waals surface area contributed by atoms with Crippen molar-refractivity contribution in [3.05, 3.63) is 53.5 Å². The summed E-state index contributed by atoms with van der Waals surface area (Å²) in [5, 5.41) is 3.22. The van der Waals surface area contributed by atoms with E-state index in [0.717, 1.165) is 5.56 Å². The van der Waals surface area contributed by atoms with Gasteiger partial charge in [0.25, 0.3) is 0 Å². The number of nitrogens with zero attached hydrogens (tertiary/aromatic N) is 1. The van der Waals surface area contributed by atoms with Crippen LogP contribution in [-0.4, -0.2) is 12.1 Å². The molecular weight excluding hydrogens is 243 g/mol. The molecule has 1 N–H and O–H groups in total. The molecule has 0 saturated heterocycles. The lowest BCUT2D eigenvalue weighted by atomic mass is 10.1. The van der Waals surface area contributed by atoms with Gasteiger partial charge in [-0.2, -0.15) is 0 Å². The van der Waals surface area contributed by atoms with Gasteiger partial charge in [-0.1, -0.05) is 12.1 Å². The van der Waals surface area contributed by atoms with Crippen LogP contribution in [0, 0.1) is 12.7 Å². The van der Waals surface area contributed by atoms with Crippen molar-refractivity contribution in [3.8, 4) is 5.75 Å². The number of pyridine rings is 1.